The summed E-state index contributed by atoms with van der Waals surface area (Å²) in [4.78, 5) is 2.59. The smallest absolute Gasteiger partial charge is 0.445 e. The van der Waals surface area contributed by atoms with Crippen molar-refractivity contribution in [3.05, 3.63) is 30.5 Å². The molecule has 0 aliphatic carbocycles. The van der Waals surface area contributed by atoms with E-state index >= 15 is 0 Å². The summed E-state index contributed by atoms with van der Waals surface area (Å²) >= 11 is 0. The molecule has 1 aromatic carbocycles. The molecule has 0 amide bonds. The summed E-state index contributed by atoms with van der Waals surface area (Å²) in [7, 11) is 0. The van der Waals surface area contributed by atoms with E-state index in [1.807, 2.05) is 0 Å². The Morgan fingerprint density at radius 2 is 1.79 bits per heavy atom. The molecule has 1 nitrogen and oxygen atoms in total. The maximum Gasteiger partial charge on any atom is 1.00 e. The van der Waals surface area contributed by atoms with Crippen molar-refractivity contribution in [1.29, 1.82) is 0 Å². The summed E-state index contributed by atoms with van der Waals surface area (Å²) in [6, 6.07) is 5.79. The Hall–Kier alpha value is 0.251. The number of hydrogen-bond donors (Lipinski definition) is 1. The molecule has 2 aromatic rings. The van der Waals surface area contributed by atoms with Crippen molar-refractivity contribution in [1.82, 2.24) is 4.98 Å². The maximum atomic E-state index is 12.4. The van der Waals surface area contributed by atoms with Crippen molar-refractivity contribution in [2.45, 2.75) is 0 Å². The van der Waals surface area contributed by atoms with Crippen molar-refractivity contribution >= 4 is 23.3 Å². The maximum absolute atomic E-state index is 12.4. The van der Waals surface area contributed by atoms with E-state index in [0.717, 1.165) is 6.07 Å². The second kappa shape index (κ2) is 4.40. The number of nitrogens with one attached hydrogen (secondary N) is 1. The van der Waals surface area contributed by atoms with Crippen LogP contribution in [-0.2, 0) is 0 Å². The van der Waals surface area contributed by atoms with Crippen LogP contribution in [0.3, 0.4) is 0 Å². The molecule has 0 atom stereocenters. The van der Waals surface area contributed by atoms with E-state index in [9.17, 15) is 12.9 Å². The summed E-state index contributed by atoms with van der Waals surface area (Å²) in [6.45, 7) is -4.92. The van der Waals surface area contributed by atoms with Crippen molar-refractivity contribution in [3.8, 4) is 0 Å². The first-order valence-electron chi connectivity index (χ1n) is 3.85. The van der Waals surface area contributed by atoms with Crippen LogP contribution in [0.5, 0.6) is 0 Å². The van der Waals surface area contributed by atoms with Crippen molar-refractivity contribution in [2.75, 3.05) is 0 Å². The summed E-state index contributed by atoms with van der Waals surface area (Å²) in [6.07, 6.45) is 1.51. The third kappa shape index (κ3) is 2.25. The summed E-state index contributed by atoms with van der Waals surface area (Å²) in [5, 5.41) is 0.594. The van der Waals surface area contributed by atoms with E-state index in [1.54, 1.807) is 12.1 Å². The van der Waals surface area contributed by atoms with Gasteiger partial charge in [0.05, 0.1) is 0 Å². The number of halogens is 3. The zero-order chi connectivity index (χ0) is 9.47. The largest absolute Gasteiger partial charge is 1.00 e. The first-order chi connectivity index (χ1) is 6.09. The predicted molar refractivity (Wildman–Crippen MR) is 47.0 cm³/mol. The molecule has 0 bridgehead atoms. The van der Waals surface area contributed by atoms with Crippen molar-refractivity contribution in [3.63, 3.8) is 0 Å². The van der Waals surface area contributed by atoms with Crippen LogP contribution in [0.1, 0.15) is 0 Å². The van der Waals surface area contributed by atoms with E-state index in [2.05, 4.69) is 4.98 Å². The van der Waals surface area contributed by atoms with Crippen LogP contribution in [0.15, 0.2) is 30.5 Å². The quantitative estimate of drug-likeness (QED) is 0.611. The van der Waals surface area contributed by atoms with E-state index in [-0.39, 0.29) is 56.9 Å². The van der Waals surface area contributed by atoms with Gasteiger partial charge in [0.15, 0.2) is 0 Å². The van der Waals surface area contributed by atoms with Crippen molar-refractivity contribution < 1.29 is 64.3 Å². The number of rotatable bonds is 1. The normalized spacial score (nSPS) is 11.4. The SMILES string of the molecule is F[B-](F)(F)c1cccc2cc[nH]c12.[K+]. The van der Waals surface area contributed by atoms with Crippen LogP contribution in [-0.4, -0.2) is 12.0 Å². The van der Waals surface area contributed by atoms with Gasteiger partial charge in [-0.05, 0) is 11.5 Å². The molecule has 6 heteroatoms. The first-order valence-corrected chi connectivity index (χ1v) is 3.85. The first kappa shape index (κ1) is 12.3. The number of hydrogen-bond acceptors (Lipinski definition) is 0. The minimum Gasteiger partial charge on any atom is -0.445 e. The summed E-state index contributed by atoms with van der Waals surface area (Å²) in [5.41, 5.74) is -0.377. The standard InChI is InChI=1S/C8H6BF3N.K/c10-9(11,12)7-3-1-2-6-4-5-13-8(6)7;/h1-5,13H;/q-1;+1. The minimum absolute atomic E-state index is 0. The van der Waals surface area contributed by atoms with Crippen LogP contribution in [0, 0.1) is 0 Å². The van der Waals surface area contributed by atoms with Crippen molar-refractivity contribution in [2.24, 2.45) is 0 Å². The molecule has 0 saturated heterocycles. The fourth-order valence-corrected chi connectivity index (χ4v) is 1.38. The molecular weight excluding hydrogens is 217 g/mol. The fraction of sp³-hybridized carbons (Fsp3) is 0. The molecule has 0 aliphatic heterocycles. The number of benzene rings is 1. The molecular formula is C8H6BF3KN. The topological polar surface area (TPSA) is 15.8 Å². The number of para-hydroxylation sites is 1. The molecule has 0 radical (unpaired) electrons. The van der Waals surface area contributed by atoms with Gasteiger partial charge in [0.2, 0.25) is 0 Å². The molecule has 0 unspecified atom stereocenters. The number of H-pyrrole nitrogens is 1. The van der Waals surface area contributed by atoms with Gasteiger partial charge in [-0.25, -0.2) is 0 Å². The monoisotopic (exact) mass is 223 g/mol. The fourth-order valence-electron chi connectivity index (χ4n) is 1.38. The van der Waals surface area contributed by atoms with Gasteiger partial charge in [-0.3, -0.25) is 0 Å². The van der Waals surface area contributed by atoms with Gasteiger partial charge >= 0.3 is 58.4 Å². The molecule has 1 heterocycles. The van der Waals surface area contributed by atoms with Crippen LogP contribution in [0.4, 0.5) is 12.9 Å². The Kier molecular flexibility index (Phi) is 3.88. The van der Waals surface area contributed by atoms with E-state index in [1.165, 1.54) is 12.3 Å². The Balaban J connectivity index is 0.000000980. The molecule has 0 saturated carbocycles. The summed E-state index contributed by atoms with van der Waals surface area (Å²) in [5.74, 6) is 0. The van der Waals surface area contributed by atoms with Gasteiger partial charge in [-0.1, -0.05) is 23.7 Å². The zero-order valence-electron chi connectivity index (χ0n) is 7.60. The van der Waals surface area contributed by atoms with Gasteiger partial charge < -0.3 is 17.9 Å². The minimum atomic E-state index is -4.92. The second-order valence-electron chi connectivity index (χ2n) is 2.86. The molecule has 68 valence electrons. The van der Waals surface area contributed by atoms with Crippen LogP contribution in [0.2, 0.25) is 0 Å². The summed E-state index contributed by atoms with van der Waals surface area (Å²) < 4.78 is 37.3. The Labute approximate surface area is 122 Å². The predicted octanol–water partition coefficient (Wildman–Crippen LogP) is -0.774. The van der Waals surface area contributed by atoms with E-state index in [0.29, 0.717) is 5.39 Å². The van der Waals surface area contributed by atoms with Gasteiger partial charge in [-0.2, -0.15) is 0 Å². The number of aromatic nitrogens is 1. The molecule has 0 fully saturated rings. The molecule has 0 aliphatic rings. The van der Waals surface area contributed by atoms with Gasteiger partial charge in [0.1, 0.15) is 0 Å². The Morgan fingerprint density at radius 1 is 1.07 bits per heavy atom. The van der Waals surface area contributed by atoms with Crippen LogP contribution >= 0.6 is 0 Å². The second-order valence-corrected chi connectivity index (χ2v) is 2.86. The molecule has 1 N–H and O–H groups in total. The molecule has 14 heavy (non-hydrogen) atoms. The van der Waals surface area contributed by atoms with Crippen LogP contribution < -0.4 is 56.8 Å². The Morgan fingerprint density at radius 3 is 2.43 bits per heavy atom. The van der Waals surface area contributed by atoms with Gasteiger partial charge in [0, 0.05) is 11.7 Å². The average molecular weight is 223 g/mol. The molecule has 2 rings (SSSR count). The average Bonchev–Trinajstić information content (AvgIpc) is 2.48. The van der Waals surface area contributed by atoms with E-state index < -0.39 is 12.4 Å². The Bertz CT molecular complexity index is 437. The third-order valence-electron chi connectivity index (χ3n) is 1.97. The third-order valence-corrected chi connectivity index (χ3v) is 1.97. The van der Waals surface area contributed by atoms with Gasteiger partial charge in [0.25, 0.3) is 0 Å². The van der Waals surface area contributed by atoms with Gasteiger partial charge in [-0.15, -0.1) is 0 Å². The molecule has 1 aromatic heterocycles. The van der Waals surface area contributed by atoms with E-state index in [4.69, 9.17) is 0 Å². The zero-order valence-corrected chi connectivity index (χ0v) is 10.7. The molecule has 0 spiro atoms. The van der Waals surface area contributed by atoms with Crippen LogP contribution in [0.25, 0.3) is 10.9 Å². The number of aromatic amines is 1. The number of fused-ring (bicyclic) bond motifs is 1.